The van der Waals surface area contributed by atoms with Crippen LogP contribution < -0.4 is 0 Å². The lowest BCUT2D eigenvalue weighted by atomic mass is 9.96. The molecule has 0 aromatic carbocycles. The molecule has 0 aliphatic heterocycles. The van der Waals surface area contributed by atoms with Gasteiger partial charge in [-0.1, -0.05) is 97.8 Å². The van der Waals surface area contributed by atoms with Gasteiger partial charge < -0.3 is 0 Å². The summed E-state index contributed by atoms with van der Waals surface area (Å²) in [4.78, 5) is 0. The molecular formula is C16H34. The summed E-state index contributed by atoms with van der Waals surface area (Å²) >= 11 is 0. The molecule has 1 atom stereocenters. The molecule has 16 heavy (non-hydrogen) atoms. The van der Waals surface area contributed by atoms with Gasteiger partial charge in [0.25, 0.3) is 0 Å². The van der Waals surface area contributed by atoms with Crippen LogP contribution in [0.1, 0.15) is 97.8 Å². The maximum Gasteiger partial charge on any atom is -0.0443 e. The number of hydrogen-bond acceptors (Lipinski definition) is 0. The van der Waals surface area contributed by atoms with E-state index in [1.54, 1.807) is 0 Å². The molecule has 0 radical (unpaired) electrons. The fourth-order valence-electron chi connectivity index (χ4n) is 2.34. The van der Waals surface area contributed by atoms with Crippen molar-refractivity contribution in [3.8, 4) is 0 Å². The van der Waals surface area contributed by atoms with E-state index in [9.17, 15) is 0 Å². The Labute approximate surface area is 104 Å². The molecule has 0 spiro atoms. The summed E-state index contributed by atoms with van der Waals surface area (Å²) in [6.45, 7) is 7.02. The van der Waals surface area contributed by atoms with Gasteiger partial charge in [-0.05, 0) is 5.92 Å². The van der Waals surface area contributed by atoms with Gasteiger partial charge in [0.15, 0.2) is 0 Å². The third kappa shape index (κ3) is 12.1. The highest BCUT2D eigenvalue weighted by Crippen LogP contribution is 2.17. The lowest BCUT2D eigenvalue weighted by Gasteiger charge is -2.10. The van der Waals surface area contributed by atoms with Crippen molar-refractivity contribution in [2.75, 3.05) is 0 Å². The molecule has 0 aromatic rings. The Hall–Kier alpha value is 0. The molecule has 0 saturated heterocycles. The van der Waals surface area contributed by atoms with Gasteiger partial charge in [-0.2, -0.15) is 0 Å². The first kappa shape index (κ1) is 16.0. The van der Waals surface area contributed by atoms with Gasteiger partial charge in [0.2, 0.25) is 0 Å². The Morgan fingerprint density at radius 2 is 0.938 bits per heavy atom. The van der Waals surface area contributed by atoms with Crippen LogP contribution in [0.3, 0.4) is 0 Å². The molecule has 0 aromatic heterocycles. The van der Waals surface area contributed by atoms with E-state index in [1.807, 2.05) is 0 Å². The van der Waals surface area contributed by atoms with Gasteiger partial charge in [-0.25, -0.2) is 0 Å². The van der Waals surface area contributed by atoms with Crippen LogP contribution in [0, 0.1) is 5.92 Å². The second kappa shape index (κ2) is 13.1. The van der Waals surface area contributed by atoms with E-state index in [-0.39, 0.29) is 0 Å². The van der Waals surface area contributed by atoms with Crippen LogP contribution in [0.2, 0.25) is 0 Å². The Morgan fingerprint density at radius 3 is 1.50 bits per heavy atom. The predicted octanol–water partition coefficient (Wildman–Crippen LogP) is 6.34. The fraction of sp³-hybridized carbons (Fsp3) is 1.00. The van der Waals surface area contributed by atoms with Crippen molar-refractivity contribution < 1.29 is 0 Å². The topological polar surface area (TPSA) is 0 Å². The molecule has 0 saturated carbocycles. The molecule has 98 valence electrons. The number of unbranched alkanes of at least 4 members (excludes halogenated alkanes) is 8. The summed E-state index contributed by atoms with van der Waals surface area (Å²) in [5.41, 5.74) is 0. The largest absolute Gasteiger partial charge is 0.0654 e. The molecule has 0 nitrogen and oxygen atoms in total. The van der Waals surface area contributed by atoms with Crippen LogP contribution in [-0.4, -0.2) is 0 Å². The van der Waals surface area contributed by atoms with E-state index in [0.29, 0.717) is 0 Å². The lowest BCUT2D eigenvalue weighted by Crippen LogP contribution is -1.94. The van der Waals surface area contributed by atoms with E-state index in [2.05, 4.69) is 20.8 Å². The van der Waals surface area contributed by atoms with Crippen molar-refractivity contribution >= 4 is 0 Å². The van der Waals surface area contributed by atoms with Crippen LogP contribution >= 0.6 is 0 Å². The summed E-state index contributed by atoms with van der Waals surface area (Å²) in [6, 6.07) is 0. The van der Waals surface area contributed by atoms with Crippen LogP contribution in [0.5, 0.6) is 0 Å². The molecule has 0 heteroatoms. The van der Waals surface area contributed by atoms with Gasteiger partial charge >= 0.3 is 0 Å². The van der Waals surface area contributed by atoms with Crippen LogP contribution in [0.15, 0.2) is 0 Å². The number of rotatable bonds is 12. The average molecular weight is 226 g/mol. The molecule has 0 rings (SSSR count). The molecule has 0 heterocycles. The Kier molecular flexibility index (Phi) is 13.1. The first-order chi connectivity index (χ1) is 7.81. The van der Waals surface area contributed by atoms with Crippen molar-refractivity contribution in [2.45, 2.75) is 97.8 Å². The molecule has 0 aliphatic carbocycles. The van der Waals surface area contributed by atoms with Gasteiger partial charge in [0.1, 0.15) is 0 Å². The highest BCUT2D eigenvalue weighted by molar-refractivity contribution is 4.55. The maximum absolute atomic E-state index is 2.44. The average Bonchev–Trinajstić information content (AvgIpc) is 2.28. The molecule has 0 bridgehead atoms. The summed E-state index contributed by atoms with van der Waals surface area (Å²) in [5, 5.41) is 0. The standard InChI is InChI=1S/C16H34/c1-4-6-8-9-10-11-13-15-16(3)14-12-7-5-2/h16H,4-15H2,1-3H3. The minimum absolute atomic E-state index is 0.974. The minimum atomic E-state index is 0.974. The SMILES string of the molecule is CCCCCCCCCC(C)CCCCC. The molecule has 0 amide bonds. The summed E-state index contributed by atoms with van der Waals surface area (Å²) in [6.07, 6.45) is 17.3. The monoisotopic (exact) mass is 226 g/mol. The second-order valence-corrected chi connectivity index (χ2v) is 5.51. The van der Waals surface area contributed by atoms with E-state index in [4.69, 9.17) is 0 Å². The zero-order chi connectivity index (χ0) is 12.1. The Bertz CT molecular complexity index is 117. The van der Waals surface area contributed by atoms with Crippen molar-refractivity contribution in [1.82, 2.24) is 0 Å². The third-order valence-electron chi connectivity index (χ3n) is 3.60. The number of hydrogen-bond donors (Lipinski definition) is 0. The quantitative estimate of drug-likeness (QED) is 0.340. The van der Waals surface area contributed by atoms with Gasteiger partial charge in [-0.15, -0.1) is 0 Å². The molecule has 1 unspecified atom stereocenters. The normalized spacial score (nSPS) is 12.9. The zero-order valence-electron chi connectivity index (χ0n) is 12.1. The van der Waals surface area contributed by atoms with Crippen LogP contribution in [0.25, 0.3) is 0 Å². The minimum Gasteiger partial charge on any atom is -0.0654 e. The lowest BCUT2D eigenvalue weighted by molar-refractivity contribution is 0.436. The van der Waals surface area contributed by atoms with Crippen molar-refractivity contribution in [2.24, 2.45) is 5.92 Å². The Balaban J connectivity index is 3.06. The zero-order valence-corrected chi connectivity index (χ0v) is 12.1. The smallest absolute Gasteiger partial charge is 0.0443 e. The fourth-order valence-corrected chi connectivity index (χ4v) is 2.34. The first-order valence-electron chi connectivity index (χ1n) is 7.81. The maximum atomic E-state index is 2.44. The predicted molar refractivity (Wildman–Crippen MR) is 75.9 cm³/mol. The van der Waals surface area contributed by atoms with Crippen molar-refractivity contribution in [3.05, 3.63) is 0 Å². The van der Waals surface area contributed by atoms with E-state index in [1.165, 1.54) is 77.0 Å². The van der Waals surface area contributed by atoms with E-state index < -0.39 is 0 Å². The van der Waals surface area contributed by atoms with E-state index in [0.717, 1.165) is 5.92 Å². The van der Waals surface area contributed by atoms with Gasteiger partial charge in [0, 0.05) is 0 Å². The second-order valence-electron chi connectivity index (χ2n) is 5.51. The molecule has 0 aliphatic rings. The summed E-state index contributed by atoms with van der Waals surface area (Å²) in [5.74, 6) is 0.974. The highest BCUT2D eigenvalue weighted by Gasteiger charge is 2.01. The van der Waals surface area contributed by atoms with Gasteiger partial charge in [0.05, 0.1) is 0 Å². The Morgan fingerprint density at radius 1 is 0.562 bits per heavy atom. The molecule has 0 fully saturated rings. The van der Waals surface area contributed by atoms with Gasteiger partial charge in [-0.3, -0.25) is 0 Å². The highest BCUT2D eigenvalue weighted by atomic mass is 14.1. The van der Waals surface area contributed by atoms with Crippen molar-refractivity contribution in [3.63, 3.8) is 0 Å². The van der Waals surface area contributed by atoms with E-state index >= 15 is 0 Å². The molecular weight excluding hydrogens is 192 g/mol. The third-order valence-corrected chi connectivity index (χ3v) is 3.60. The summed E-state index contributed by atoms with van der Waals surface area (Å²) in [7, 11) is 0. The first-order valence-corrected chi connectivity index (χ1v) is 7.81. The van der Waals surface area contributed by atoms with Crippen LogP contribution in [-0.2, 0) is 0 Å². The van der Waals surface area contributed by atoms with Crippen LogP contribution in [0.4, 0.5) is 0 Å². The molecule has 0 N–H and O–H groups in total. The summed E-state index contributed by atoms with van der Waals surface area (Å²) < 4.78 is 0. The van der Waals surface area contributed by atoms with Crippen molar-refractivity contribution in [1.29, 1.82) is 0 Å².